The predicted molar refractivity (Wildman–Crippen MR) is 128 cm³/mol. The number of nitro groups is 1. The molecular formula is C24H29F3N6O5. The lowest BCUT2D eigenvalue weighted by molar-refractivity contribution is -0.389. The van der Waals surface area contributed by atoms with Gasteiger partial charge < -0.3 is 24.5 Å². The molecule has 206 valence electrons. The number of nitrogens with zero attached hydrogens (tertiary/aromatic N) is 6. The molecule has 0 saturated carbocycles. The molecule has 2 saturated heterocycles. The second-order valence-corrected chi connectivity index (χ2v) is 10.2. The molecule has 38 heavy (non-hydrogen) atoms. The molecule has 2 fully saturated rings. The zero-order chi connectivity index (χ0) is 27.1. The number of ether oxygens (including phenoxy) is 2. The Morgan fingerprint density at radius 2 is 1.82 bits per heavy atom. The van der Waals surface area contributed by atoms with E-state index in [4.69, 9.17) is 4.74 Å². The molecule has 11 nitrogen and oxygen atoms in total. The lowest BCUT2D eigenvalue weighted by Gasteiger charge is -2.43. The summed E-state index contributed by atoms with van der Waals surface area (Å²) < 4.78 is 48.6. The number of hydrogen-bond acceptors (Lipinski definition) is 8. The van der Waals surface area contributed by atoms with Gasteiger partial charge in [-0.1, -0.05) is 0 Å². The van der Waals surface area contributed by atoms with Gasteiger partial charge >= 0.3 is 18.2 Å². The van der Waals surface area contributed by atoms with Crippen molar-refractivity contribution in [1.29, 1.82) is 0 Å². The number of piperazine rings is 1. The Labute approximate surface area is 216 Å². The zero-order valence-corrected chi connectivity index (χ0v) is 20.9. The van der Waals surface area contributed by atoms with Gasteiger partial charge in [-0.3, -0.25) is 19.2 Å². The van der Waals surface area contributed by atoms with E-state index in [0.29, 0.717) is 37.8 Å². The minimum absolute atomic E-state index is 0.193. The summed E-state index contributed by atoms with van der Waals surface area (Å²) in [6.45, 7) is 7.90. The maximum atomic E-state index is 12.8. The van der Waals surface area contributed by atoms with Crippen molar-refractivity contribution in [2.75, 3.05) is 45.8 Å². The highest BCUT2D eigenvalue weighted by atomic mass is 19.4. The van der Waals surface area contributed by atoms with Crippen molar-refractivity contribution in [1.82, 2.24) is 24.3 Å². The summed E-state index contributed by atoms with van der Waals surface area (Å²) in [4.78, 5) is 33.7. The zero-order valence-electron chi connectivity index (χ0n) is 20.9. The molecule has 3 aliphatic rings. The van der Waals surface area contributed by atoms with Crippen LogP contribution in [0.15, 0.2) is 30.5 Å². The fourth-order valence-electron chi connectivity index (χ4n) is 5.54. The average Bonchev–Trinajstić information content (AvgIpc) is 3.39. The fourth-order valence-corrected chi connectivity index (χ4v) is 5.54. The van der Waals surface area contributed by atoms with Crippen LogP contribution < -0.4 is 9.47 Å². The van der Waals surface area contributed by atoms with Gasteiger partial charge in [0.2, 0.25) is 0 Å². The van der Waals surface area contributed by atoms with E-state index in [9.17, 15) is 28.1 Å². The number of imidazole rings is 1. The lowest BCUT2D eigenvalue weighted by atomic mass is 10.0. The van der Waals surface area contributed by atoms with Crippen LogP contribution in [0.4, 0.5) is 19.0 Å². The summed E-state index contributed by atoms with van der Waals surface area (Å²) in [6, 6.07) is 5.68. The molecule has 0 bridgehead atoms. The van der Waals surface area contributed by atoms with Crippen LogP contribution in [0.5, 0.6) is 11.8 Å². The van der Waals surface area contributed by atoms with E-state index in [1.165, 1.54) is 18.3 Å². The molecule has 0 aliphatic carbocycles. The van der Waals surface area contributed by atoms with Gasteiger partial charge in [0.25, 0.3) is 5.91 Å². The monoisotopic (exact) mass is 538 g/mol. The van der Waals surface area contributed by atoms with E-state index in [-0.39, 0.29) is 23.5 Å². The molecule has 1 amide bonds. The van der Waals surface area contributed by atoms with Gasteiger partial charge in [-0.15, -0.1) is 13.2 Å². The number of carbonyl (C=O) groups is 1. The second kappa shape index (κ2) is 10.1. The van der Waals surface area contributed by atoms with Crippen molar-refractivity contribution in [2.45, 2.75) is 44.3 Å². The highest BCUT2D eigenvalue weighted by Gasteiger charge is 2.42. The van der Waals surface area contributed by atoms with Gasteiger partial charge in [0, 0.05) is 62.4 Å². The molecule has 3 aliphatic heterocycles. The van der Waals surface area contributed by atoms with E-state index in [2.05, 4.69) is 19.5 Å². The predicted octanol–water partition coefficient (Wildman–Crippen LogP) is 2.76. The normalized spacial score (nSPS) is 23.2. The second-order valence-electron chi connectivity index (χ2n) is 10.2. The first-order valence-electron chi connectivity index (χ1n) is 12.5. The third-order valence-corrected chi connectivity index (χ3v) is 7.32. The van der Waals surface area contributed by atoms with Crippen LogP contribution in [0.1, 0.15) is 30.1 Å². The van der Waals surface area contributed by atoms with Gasteiger partial charge in [0.05, 0.1) is 6.54 Å². The maximum absolute atomic E-state index is 12.8. The smallest absolute Gasteiger partial charge is 0.436 e. The molecule has 1 aromatic carbocycles. The number of aromatic nitrogens is 2. The largest absolute Gasteiger partial charge is 0.573 e. The summed E-state index contributed by atoms with van der Waals surface area (Å²) >= 11 is 0. The number of halogens is 3. The first kappa shape index (κ1) is 26.2. The third-order valence-electron chi connectivity index (χ3n) is 7.32. The van der Waals surface area contributed by atoms with Crippen LogP contribution in [0.3, 0.4) is 0 Å². The quantitative estimate of drug-likeness (QED) is 0.409. The molecular weight excluding hydrogens is 509 g/mol. The highest BCUT2D eigenvalue weighted by molar-refractivity contribution is 5.94. The van der Waals surface area contributed by atoms with Crippen LogP contribution >= 0.6 is 0 Å². The number of likely N-dealkylation sites (tertiary alicyclic amines) is 1. The Kier molecular flexibility index (Phi) is 6.94. The maximum Gasteiger partial charge on any atom is 0.573 e. The van der Waals surface area contributed by atoms with Crippen LogP contribution in [0.2, 0.25) is 0 Å². The molecule has 1 aromatic heterocycles. The summed E-state index contributed by atoms with van der Waals surface area (Å²) in [6.07, 6.45) is -1.69. The minimum atomic E-state index is -4.77. The molecule has 4 heterocycles. The van der Waals surface area contributed by atoms with Gasteiger partial charge in [-0.25, -0.2) is 0 Å². The van der Waals surface area contributed by atoms with Gasteiger partial charge in [0.15, 0.2) is 0 Å². The molecule has 14 heteroatoms. The van der Waals surface area contributed by atoms with Crippen molar-refractivity contribution in [2.24, 2.45) is 0 Å². The van der Waals surface area contributed by atoms with E-state index < -0.39 is 16.9 Å². The van der Waals surface area contributed by atoms with Crippen LogP contribution in [-0.4, -0.2) is 98.9 Å². The van der Waals surface area contributed by atoms with E-state index >= 15 is 0 Å². The molecule has 1 atom stereocenters. The Bertz CT molecular complexity index is 1150. The third kappa shape index (κ3) is 5.85. The van der Waals surface area contributed by atoms with Gasteiger partial charge in [-0.05, 0) is 49.0 Å². The molecule has 5 rings (SSSR count). The number of alkyl halides is 3. The van der Waals surface area contributed by atoms with Crippen molar-refractivity contribution in [3.8, 4) is 11.8 Å². The topological polar surface area (TPSA) is 106 Å². The summed E-state index contributed by atoms with van der Waals surface area (Å²) in [7, 11) is 0. The Balaban J connectivity index is 1.06. The number of piperidine rings is 1. The van der Waals surface area contributed by atoms with Crippen molar-refractivity contribution in [3.05, 3.63) is 46.1 Å². The number of amides is 1. The summed E-state index contributed by atoms with van der Waals surface area (Å²) in [5, 5.41) is 10.9. The van der Waals surface area contributed by atoms with Crippen molar-refractivity contribution >= 4 is 11.7 Å². The molecule has 0 radical (unpaired) electrons. The molecule has 0 spiro atoms. The van der Waals surface area contributed by atoms with Gasteiger partial charge in [-0.2, -0.15) is 0 Å². The van der Waals surface area contributed by atoms with Crippen LogP contribution in [0, 0.1) is 10.1 Å². The molecule has 2 aromatic rings. The molecule has 0 N–H and O–H groups in total. The number of carbonyl (C=O) groups excluding carboxylic acids is 1. The standard InChI is InChI=1S/C24H29F3N6O5/c1-23(16-32-14-20(33(35)36)28-22(32)38-23)15-29-10-12-30(13-11-29)18-6-8-31(9-7-18)21(34)17-2-4-19(5-3-17)37-24(25,26)27/h2-5,14,18H,6-13,15-16H2,1H3/t23-/m0/s1. The number of hydrogen-bond donors (Lipinski definition) is 0. The molecule has 0 unspecified atom stereocenters. The summed E-state index contributed by atoms with van der Waals surface area (Å²) in [5.74, 6) is -0.755. The average molecular weight is 539 g/mol. The number of fused-ring (bicyclic) bond motifs is 1. The van der Waals surface area contributed by atoms with E-state index in [1.807, 2.05) is 6.92 Å². The Morgan fingerprint density at radius 1 is 1.16 bits per heavy atom. The first-order chi connectivity index (χ1) is 18.0. The van der Waals surface area contributed by atoms with Crippen LogP contribution in [-0.2, 0) is 6.54 Å². The number of benzene rings is 1. The van der Waals surface area contributed by atoms with E-state index in [0.717, 1.165) is 51.2 Å². The Morgan fingerprint density at radius 3 is 2.39 bits per heavy atom. The summed E-state index contributed by atoms with van der Waals surface area (Å²) in [5.41, 5.74) is -0.159. The SMILES string of the molecule is C[C@]1(CN2CCN(C3CCN(C(=O)c4ccc(OC(F)(F)F)cc4)CC3)CC2)Cn2cc([N+](=O)[O-])nc2O1. The highest BCUT2D eigenvalue weighted by Crippen LogP contribution is 2.32. The van der Waals surface area contributed by atoms with E-state index in [1.54, 1.807) is 9.47 Å². The Hall–Kier alpha value is -3.39. The fraction of sp³-hybridized carbons (Fsp3) is 0.583. The van der Waals surface area contributed by atoms with Gasteiger partial charge in [0.1, 0.15) is 17.5 Å². The van der Waals surface area contributed by atoms with Crippen LogP contribution in [0.25, 0.3) is 0 Å². The minimum Gasteiger partial charge on any atom is -0.436 e. The number of rotatable bonds is 6. The van der Waals surface area contributed by atoms with Crippen molar-refractivity contribution < 1.29 is 32.4 Å². The van der Waals surface area contributed by atoms with Crippen molar-refractivity contribution in [3.63, 3.8) is 0 Å². The first-order valence-corrected chi connectivity index (χ1v) is 12.5. The lowest BCUT2D eigenvalue weighted by Crippen LogP contribution is -2.56.